The molecule has 0 aliphatic carbocycles. The van der Waals surface area contributed by atoms with Gasteiger partial charge in [-0.05, 0) is 30.5 Å². The molecule has 0 saturated heterocycles. The smallest absolute Gasteiger partial charge is 0.0894 e. The van der Waals surface area contributed by atoms with Crippen LogP contribution >= 0.6 is 11.3 Å². The summed E-state index contributed by atoms with van der Waals surface area (Å²) in [5.74, 6) is 0. The van der Waals surface area contributed by atoms with Gasteiger partial charge in [0.2, 0.25) is 0 Å². The lowest BCUT2D eigenvalue weighted by atomic mass is 10.2. The van der Waals surface area contributed by atoms with E-state index in [1.165, 1.54) is 0 Å². The molecule has 3 nitrogen and oxygen atoms in total. The first-order valence-corrected chi connectivity index (χ1v) is 5.34. The summed E-state index contributed by atoms with van der Waals surface area (Å²) < 4.78 is 1.11. The van der Waals surface area contributed by atoms with Gasteiger partial charge in [-0.25, -0.2) is 0 Å². The summed E-state index contributed by atoms with van der Waals surface area (Å²) in [5, 5.41) is 10.9. The average molecular weight is 208 g/mol. The lowest BCUT2D eigenvalue weighted by Crippen LogP contribution is -2.05. The fraction of sp³-hybridized carbons (Fsp3) is 0.300. The van der Waals surface area contributed by atoms with E-state index in [-0.39, 0.29) is 0 Å². The minimum atomic E-state index is -0.433. The number of rotatable bonds is 3. The Bertz CT molecular complexity index is 394. The molecule has 0 fully saturated rings. The van der Waals surface area contributed by atoms with E-state index >= 15 is 0 Å². The van der Waals surface area contributed by atoms with Crippen LogP contribution in [0.15, 0.2) is 24.5 Å². The van der Waals surface area contributed by atoms with Gasteiger partial charge in [0.05, 0.1) is 10.8 Å². The van der Waals surface area contributed by atoms with Gasteiger partial charge in [-0.1, -0.05) is 0 Å². The van der Waals surface area contributed by atoms with Crippen molar-refractivity contribution >= 4 is 21.4 Å². The molecular formula is C10H12N2OS. The van der Waals surface area contributed by atoms with Crippen molar-refractivity contribution in [3.63, 3.8) is 0 Å². The third-order valence-electron chi connectivity index (χ3n) is 2.11. The number of thiophene rings is 1. The summed E-state index contributed by atoms with van der Waals surface area (Å²) in [6.07, 6.45) is 3.75. The van der Waals surface area contributed by atoms with Crippen LogP contribution in [-0.2, 0) is 0 Å². The summed E-state index contributed by atoms with van der Waals surface area (Å²) in [4.78, 5) is 5.01. The molecule has 2 rings (SSSR count). The highest BCUT2D eigenvalue weighted by Gasteiger charge is 2.09. The van der Waals surface area contributed by atoms with Crippen molar-refractivity contribution in [2.45, 2.75) is 12.5 Å². The van der Waals surface area contributed by atoms with E-state index in [0.717, 1.165) is 15.0 Å². The first-order valence-electron chi connectivity index (χ1n) is 4.53. The maximum Gasteiger partial charge on any atom is 0.0894 e. The topological polar surface area (TPSA) is 59.1 Å². The minimum absolute atomic E-state index is 0.433. The van der Waals surface area contributed by atoms with Gasteiger partial charge in [-0.2, -0.15) is 0 Å². The van der Waals surface area contributed by atoms with Gasteiger partial charge < -0.3 is 10.8 Å². The molecule has 14 heavy (non-hydrogen) atoms. The third-order valence-corrected chi connectivity index (χ3v) is 3.30. The van der Waals surface area contributed by atoms with E-state index in [1.807, 2.05) is 18.3 Å². The molecule has 1 atom stereocenters. The lowest BCUT2D eigenvalue weighted by Gasteiger charge is -2.04. The van der Waals surface area contributed by atoms with Crippen LogP contribution in [0.2, 0.25) is 0 Å². The van der Waals surface area contributed by atoms with Gasteiger partial charge in [-0.15, -0.1) is 11.3 Å². The second-order valence-electron chi connectivity index (χ2n) is 3.16. The molecule has 0 bridgehead atoms. The normalized spacial score (nSPS) is 13.3. The molecule has 1 unspecified atom stereocenters. The van der Waals surface area contributed by atoms with Gasteiger partial charge >= 0.3 is 0 Å². The number of fused-ring (bicyclic) bond motifs is 1. The number of aliphatic hydroxyl groups is 1. The number of hydrogen-bond donors (Lipinski definition) is 2. The van der Waals surface area contributed by atoms with Crippen LogP contribution in [0, 0.1) is 0 Å². The van der Waals surface area contributed by atoms with Crippen molar-refractivity contribution in [1.29, 1.82) is 0 Å². The fourth-order valence-electron chi connectivity index (χ4n) is 1.37. The van der Waals surface area contributed by atoms with Crippen LogP contribution in [0.1, 0.15) is 17.4 Å². The van der Waals surface area contributed by atoms with Crippen molar-refractivity contribution < 1.29 is 5.11 Å². The SMILES string of the molecule is NCCC(O)c1cc2ccncc2s1. The number of pyridine rings is 1. The van der Waals surface area contributed by atoms with Crippen LogP contribution in [0.5, 0.6) is 0 Å². The number of aromatic nitrogens is 1. The van der Waals surface area contributed by atoms with E-state index < -0.39 is 6.10 Å². The Morgan fingerprint density at radius 1 is 1.57 bits per heavy atom. The third kappa shape index (κ3) is 1.77. The van der Waals surface area contributed by atoms with Gasteiger partial charge in [0.25, 0.3) is 0 Å². The number of hydrogen-bond acceptors (Lipinski definition) is 4. The molecule has 0 aromatic carbocycles. The Hall–Kier alpha value is -0.970. The van der Waals surface area contributed by atoms with Crippen LogP contribution < -0.4 is 5.73 Å². The zero-order chi connectivity index (χ0) is 9.97. The molecule has 2 heterocycles. The molecular weight excluding hydrogens is 196 g/mol. The zero-order valence-electron chi connectivity index (χ0n) is 7.68. The van der Waals surface area contributed by atoms with Crippen molar-refractivity contribution in [1.82, 2.24) is 4.98 Å². The average Bonchev–Trinajstić information content (AvgIpc) is 2.61. The van der Waals surface area contributed by atoms with Crippen LogP contribution in [-0.4, -0.2) is 16.6 Å². The monoisotopic (exact) mass is 208 g/mol. The minimum Gasteiger partial charge on any atom is -0.388 e. The maximum atomic E-state index is 9.73. The summed E-state index contributed by atoms with van der Waals surface area (Å²) in [7, 11) is 0. The summed E-state index contributed by atoms with van der Waals surface area (Å²) in [5.41, 5.74) is 5.39. The first-order chi connectivity index (χ1) is 6.81. The molecule has 0 aliphatic heterocycles. The van der Waals surface area contributed by atoms with Crippen molar-refractivity contribution in [3.05, 3.63) is 29.4 Å². The van der Waals surface area contributed by atoms with Gasteiger partial charge in [0.1, 0.15) is 0 Å². The fourth-order valence-corrected chi connectivity index (χ4v) is 2.42. The molecule has 0 saturated carbocycles. The molecule has 0 spiro atoms. The Kier molecular flexibility index (Phi) is 2.77. The van der Waals surface area contributed by atoms with E-state index in [2.05, 4.69) is 4.98 Å². The zero-order valence-corrected chi connectivity index (χ0v) is 8.50. The van der Waals surface area contributed by atoms with Gasteiger partial charge in [-0.3, -0.25) is 4.98 Å². The standard InChI is InChI=1S/C10H12N2OS/c11-3-1-8(13)9-5-7-2-4-12-6-10(7)14-9/h2,4-6,8,13H,1,3,11H2. The predicted octanol–water partition coefficient (Wildman–Crippen LogP) is 1.68. The first kappa shape index (κ1) is 9.58. The highest BCUT2D eigenvalue weighted by molar-refractivity contribution is 7.19. The molecule has 2 aromatic heterocycles. The van der Waals surface area contributed by atoms with Crippen molar-refractivity contribution in [2.24, 2.45) is 5.73 Å². The molecule has 74 valence electrons. The van der Waals surface area contributed by atoms with Gasteiger partial charge in [0, 0.05) is 17.3 Å². The van der Waals surface area contributed by atoms with Crippen LogP contribution in [0.4, 0.5) is 0 Å². The lowest BCUT2D eigenvalue weighted by molar-refractivity contribution is 0.174. The summed E-state index contributed by atoms with van der Waals surface area (Å²) >= 11 is 1.58. The maximum absolute atomic E-state index is 9.73. The van der Waals surface area contributed by atoms with Crippen LogP contribution in [0.25, 0.3) is 10.1 Å². The van der Waals surface area contributed by atoms with Crippen molar-refractivity contribution in [3.8, 4) is 0 Å². The predicted molar refractivity (Wildman–Crippen MR) is 58.3 cm³/mol. The van der Waals surface area contributed by atoms with E-state index in [4.69, 9.17) is 5.73 Å². The van der Waals surface area contributed by atoms with Crippen LogP contribution in [0.3, 0.4) is 0 Å². The highest BCUT2D eigenvalue weighted by Crippen LogP contribution is 2.30. The number of nitrogens with zero attached hydrogens (tertiary/aromatic N) is 1. The summed E-state index contributed by atoms with van der Waals surface area (Å²) in [6.45, 7) is 0.508. The van der Waals surface area contributed by atoms with Gasteiger partial charge in [0.15, 0.2) is 0 Å². The number of aliphatic hydroxyl groups excluding tert-OH is 1. The number of nitrogens with two attached hydrogens (primary N) is 1. The second-order valence-corrected chi connectivity index (χ2v) is 4.27. The molecule has 4 heteroatoms. The largest absolute Gasteiger partial charge is 0.388 e. The Morgan fingerprint density at radius 3 is 3.14 bits per heavy atom. The Labute approximate surface area is 86.2 Å². The van der Waals surface area contributed by atoms with Crippen molar-refractivity contribution in [2.75, 3.05) is 6.54 Å². The molecule has 2 aromatic rings. The highest BCUT2D eigenvalue weighted by atomic mass is 32.1. The Balaban J connectivity index is 2.35. The summed E-state index contributed by atoms with van der Waals surface area (Å²) in [6, 6.07) is 3.95. The quantitative estimate of drug-likeness (QED) is 0.806. The van der Waals surface area contributed by atoms with E-state index in [1.54, 1.807) is 17.5 Å². The molecule has 0 radical (unpaired) electrons. The molecule has 3 N–H and O–H groups in total. The molecule has 0 amide bonds. The molecule has 0 aliphatic rings. The second kappa shape index (κ2) is 4.04. The van der Waals surface area contributed by atoms with E-state index in [0.29, 0.717) is 13.0 Å². The van der Waals surface area contributed by atoms with E-state index in [9.17, 15) is 5.11 Å². The Morgan fingerprint density at radius 2 is 2.43 bits per heavy atom.